The SMILES string of the molecule is CC1CCCCN1Cc1ccccc1CNc1ncccc1[N+](=O)[O-]. The minimum absolute atomic E-state index is 0.00429. The molecule has 1 atom stereocenters. The van der Waals surface area contributed by atoms with Crippen molar-refractivity contribution in [1.82, 2.24) is 9.88 Å². The first-order valence-electron chi connectivity index (χ1n) is 8.79. The quantitative estimate of drug-likeness (QED) is 0.636. The number of hydrogen-bond acceptors (Lipinski definition) is 5. The molecule has 1 aromatic carbocycles. The summed E-state index contributed by atoms with van der Waals surface area (Å²) in [4.78, 5) is 17.3. The van der Waals surface area contributed by atoms with E-state index in [4.69, 9.17) is 0 Å². The molecule has 1 aliphatic rings. The van der Waals surface area contributed by atoms with Crippen LogP contribution in [0.5, 0.6) is 0 Å². The summed E-state index contributed by atoms with van der Waals surface area (Å²) in [6.07, 6.45) is 5.38. The smallest absolute Gasteiger partial charge is 0.311 e. The molecule has 0 aliphatic carbocycles. The Morgan fingerprint density at radius 2 is 2.04 bits per heavy atom. The van der Waals surface area contributed by atoms with E-state index in [0.29, 0.717) is 18.4 Å². The van der Waals surface area contributed by atoms with Gasteiger partial charge in [0.05, 0.1) is 4.92 Å². The molecule has 6 nitrogen and oxygen atoms in total. The summed E-state index contributed by atoms with van der Waals surface area (Å²) in [6, 6.07) is 11.9. The fraction of sp³-hybridized carbons (Fsp3) is 0.421. The Morgan fingerprint density at radius 1 is 1.24 bits per heavy atom. The van der Waals surface area contributed by atoms with E-state index in [-0.39, 0.29) is 5.69 Å². The summed E-state index contributed by atoms with van der Waals surface area (Å²) in [5.41, 5.74) is 2.42. The molecule has 0 amide bonds. The van der Waals surface area contributed by atoms with Gasteiger partial charge in [-0.1, -0.05) is 30.7 Å². The maximum atomic E-state index is 11.1. The molecule has 1 fully saturated rings. The van der Waals surface area contributed by atoms with Crippen molar-refractivity contribution in [2.45, 2.75) is 45.3 Å². The number of rotatable bonds is 6. The van der Waals surface area contributed by atoms with Gasteiger partial charge in [0, 0.05) is 31.4 Å². The lowest BCUT2D eigenvalue weighted by atomic mass is 10.0. The van der Waals surface area contributed by atoms with Crippen LogP contribution in [0.2, 0.25) is 0 Å². The van der Waals surface area contributed by atoms with Gasteiger partial charge in [-0.2, -0.15) is 0 Å². The summed E-state index contributed by atoms with van der Waals surface area (Å²) in [6.45, 7) is 4.87. The lowest BCUT2D eigenvalue weighted by molar-refractivity contribution is -0.384. The third-order valence-corrected chi connectivity index (χ3v) is 4.86. The number of piperidine rings is 1. The van der Waals surface area contributed by atoms with Gasteiger partial charge in [0.25, 0.3) is 0 Å². The molecule has 1 unspecified atom stereocenters. The summed E-state index contributed by atoms with van der Waals surface area (Å²) in [5.74, 6) is 0.314. The van der Waals surface area contributed by atoms with Crippen LogP contribution in [0.15, 0.2) is 42.6 Å². The highest BCUT2D eigenvalue weighted by Crippen LogP contribution is 2.23. The third kappa shape index (κ3) is 4.33. The van der Waals surface area contributed by atoms with Gasteiger partial charge in [0.2, 0.25) is 5.82 Å². The fourth-order valence-electron chi connectivity index (χ4n) is 3.35. The first-order chi connectivity index (χ1) is 12.1. The van der Waals surface area contributed by atoms with Crippen LogP contribution in [0.4, 0.5) is 11.5 Å². The predicted molar refractivity (Wildman–Crippen MR) is 98.4 cm³/mol. The molecular formula is C19H24N4O2. The van der Waals surface area contributed by atoms with E-state index in [2.05, 4.69) is 40.3 Å². The average Bonchev–Trinajstić information content (AvgIpc) is 2.63. The Morgan fingerprint density at radius 3 is 2.80 bits per heavy atom. The van der Waals surface area contributed by atoms with Gasteiger partial charge in [-0.05, 0) is 43.5 Å². The number of nitrogens with zero attached hydrogens (tertiary/aromatic N) is 3. The summed E-state index contributed by atoms with van der Waals surface area (Å²) < 4.78 is 0. The molecule has 0 radical (unpaired) electrons. The number of aromatic nitrogens is 1. The first-order valence-corrected chi connectivity index (χ1v) is 8.79. The Balaban J connectivity index is 1.72. The zero-order valence-corrected chi connectivity index (χ0v) is 14.5. The van der Waals surface area contributed by atoms with E-state index in [1.54, 1.807) is 12.3 Å². The predicted octanol–water partition coefficient (Wildman–Crippen LogP) is 3.98. The van der Waals surface area contributed by atoms with E-state index in [0.717, 1.165) is 18.7 Å². The van der Waals surface area contributed by atoms with E-state index >= 15 is 0 Å². The Bertz CT molecular complexity index is 735. The molecule has 1 N–H and O–H groups in total. The van der Waals surface area contributed by atoms with Crippen molar-refractivity contribution < 1.29 is 4.92 Å². The molecule has 0 bridgehead atoms. The van der Waals surface area contributed by atoms with Crippen LogP contribution in [0.3, 0.4) is 0 Å². The Hall–Kier alpha value is -2.47. The van der Waals surface area contributed by atoms with Crippen molar-refractivity contribution in [3.05, 3.63) is 63.8 Å². The van der Waals surface area contributed by atoms with Crippen molar-refractivity contribution in [2.24, 2.45) is 0 Å². The molecule has 2 aromatic rings. The minimum atomic E-state index is -0.406. The highest BCUT2D eigenvalue weighted by molar-refractivity contribution is 5.55. The minimum Gasteiger partial charge on any atom is -0.360 e. The van der Waals surface area contributed by atoms with E-state index in [9.17, 15) is 10.1 Å². The van der Waals surface area contributed by atoms with Gasteiger partial charge in [0.1, 0.15) is 0 Å². The third-order valence-electron chi connectivity index (χ3n) is 4.86. The summed E-state index contributed by atoms with van der Waals surface area (Å²) in [7, 11) is 0. The standard InChI is InChI=1S/C19H24N4O2/c1-15-7-4-5-12-22(15)14-17-9-3-2-8-16(17)13-21-19-18(23(24)25)10-6-11-20-19/h2-3,6,8-11,15H,4-5,7,12-14H2,1H3,(H,20,21). The number of anilines is 1. The van der Waals surface area contributed by atoms with Crippen LogP contribution >= 0.6 is 0 Å². The Labute approximate surface area is 148 Å². The van der Waals surface area contributed by atoms with Gasteiger partial charge in [-0.25, -0.2) is 4.98 Å². The van der Waals surface area contributed by atoms with E-state index in [1.165, 1.54) is 30.9 Å². The molecule has 6 heteroatoms. The average molecular weight is 340 g/mol. The number of hydrogen-bond donors (Lipinski definition) is 1. The maximum Gasteiger partial charge on any atom is 0.311 e. The topological polar surface area (TPSA) is 71.3 Å². The van der Waals surface area contributed by atoms with Crippen LogP contribution in [-0.4, -0.2) is 27.4 Å². The summed E-state index contributed by atoms with van der Waals surface area (Å²) >= 11 is 0. The van der Waals surface area contributed by atoms with Crippen LogP contribution in [0.1, 0.15) is 37.3 Å². The van der Waals surface area contributed by atoms with Gasteiger partial charge >= 0.3 is 5.69 Å². The number of likely N-dealkylation sites (tertiary alicyclic amines) is 1. The molecule has 0 spiro atoms. The van der Waals surface area contributed by atoms with Gasteiger partial charge < -0.3 is 5.32 Å². The van der Waals surface area contributed by atoms with Gasteiger partial charge in [-0.15, -0.1) is 0 Å². The highest BCUT2D eigenvalue weighted by Gasteiger charge is 2.19. The molecule has 3 rings (SSSR count). The van der Waals surface area contributed by atoms with Crippen molar-refractivity contribution in [1.29, 1.82) is 0 Å². The molecule has 2 heterocycles. The second-order valence-corrected chi connectivity index (χ2v) is 6.57. The molecular weight excluding hydrogens is 316 g/mol. The second-order valence-electron chi connectivity index (χ2n) is 6.57. The van der Waals surface area contributed by atoms with Crippen molar-refractivity contribution in [3.8, 4) is 0 Å². The highest BCUT2D eigenvalue weighted by atomic mass is 16.6. The van der Waals surface area contributed by atoms with E-state index < -0.39 is 4.92 Å². The number of nitrogens with one attached hydrogen (secondary N) is 1. The van der Waals surface area contributed by atoms with Gasteiger partial charge in [-0.3, -0.25) is 15.0 Å². The number of benzene rings is 1. The zero-order chi connectivity index (χ0) is 17.6. The number of nitro groups is 1. The molecule has 1 aliphatic heterocycles. The lowest BCUT2D eigenvalue weighted by Gasteiger charge is -2.33. The fourth-order valence-corrected chi connectivity index (χ4v) is 3.35. The van der Waals surface area contributed by atoms with Crippen molar-refractivity contribution in [3.63, 3.8) is 0 Å². The molecule has 25 heavy (non-hydrogen) atoms. The normalized spacial score (nSPS) is 18.0. The second kappa shape index (κ2) is 8.07. The van der Waals surface area contributed by atoms with Crippen LogP contribution in [-0.2, 0) is 13.1 Å². The monoisotopic (exact) mass is 340 g/mol. The molecule has 132 valence electrons. The number of pyridine rings is 1. The first kappa shape index (κ1) is 17.4. The molecule has 1 saturated heterocycles. The van der Waals surface area contributed by atoms with E-state index in [1.807, 2.05) is 6.07 Å². The van der Waals surface area contributed by atoms with Crippen LogP contribution < -0.4 is 5.32 Å². The molecule has 0 saturated carbocycles. The van der Waals surface area contributed by atoms with Crippen LogP contribution in [0.25, 0.3) is 0 Å². The van der Waals surface area contributed by atoms with Crippen molar-refractivity contribution >= 4 is 11.5 Å². The zero-order valence-electron chi connectivity index (χ0n) is 14.5. The molecule has 1 aromatic heterocycles. The van der Waals surface area contributed by atoms with Crippen LogP contribution in [0, 0.1) is 10.1 Å². The Kier molecular flexibility index (Phi) is 5.60. The largest absolute Gasteiger partial charge is 0.360 e. The summed E-state index contributed by atoms with van der Waals surface area (Å²) in [5, 5.41) is 14.2. The maximum absolute atomic E-state index is 11.1. The van der Waals surface area contributed by atoms with Gasteiger partial charge in [0.15, 0.2) is 0 Å². The lowest BCUT2D eigenvalue weighted by Crippen LogP contribution is -2.37. The van der Waals surface area contributed by atoms with Crippen molar-refractivity contribution in [2.75, 3.05) is 11.9 Å².